The van der Waals surface area contributed by atoms with Gasteiger partial charge in [-0.05, 0) is 66.8 Å². The number of hydrogen-bond acceptors (Lipinski definition) is 5. The summed E-state index contributed by atoms with van der Waals surface area (Å²) in [5.41, 5.74) is 0.872. The molecular formula is C15H13IN2O3. The van der Waals surface area contributed by atoms with Crippen LogP contribution in [0.4, 0.5) is 0 Å². The predicted molar refractivity (Wildman–Crippen MR) is 85.9 cm³/mol. The maximum Gasteiger partial charge on any atom is 0.293 e. The molecule has 3 aromatic rings. The molecule has 108 valence electrons. The third kappa shape index (κ3) is 3.10. The van der Waals surface area contributed by atoms with Crippen LogP contribution in [-0.4, -0.2) is 16.2 Å². The van der Waals surface area contributed by atoms with Crippen molar-refractivity contribution in [3.63, 3.8) is 0 Å². The highest BCUT2D eigenvalue weighted by Gasteiger charge is 2.14. The third-order valence-electron chi connectivity index (χ3n) is 2.71. The Balaban J connectivity index is 1.89. The second-order valence-corrected chi connectivity index (χ2v) is 5.87. The lowest BCUT2D eigenvalue weighted by Crippen LogP contribution is -2.06. The Morgan fingerprint density at radius 2 is 2.10 bits per heavy atom. The predicted octanol–water partition coefficient (Wildman–Crippen LogP) is 4.39. The maximum absolute atomic E-state index is 5.71. The highest BCUT2D eigenvalue weighted by molar-refractivity contribution is 14.1. The van der Waals surface area contributed by atoms with Crippen LogP contribution in [0.2, 0.25) is 0 Å². The van der Waals surface area contributed by atoms with Gasteiger partial charge in [0.2, 0.25) is 5.82 Å². The number of rotatable bonds is 4. The van der Waals surface area contributed by atoms with E-state index in [2.05, 4.69) is 32.7 Å². The molecule has 1 aromatic carbocycles. The number of furan rings is 1. The van der Waals surface area contributed by atoms with Gasteiger partial charge >= 0.3 is 0 Å². The molecule has 5 nitrogen and oxygen atoms in total. The lowest BCUT2D eigenvalue weighted by Gasteiger charge is -2.11. The van der Waals surface area contributed by atoms with Gasteiger partial charge in [0.1, 0.15) is 5.75 Å². The van der Waals surface area contributed by atoms with E-state index in [4.69, 9.17) is 13.7 Å². The third-order valence-corrected chi connectivity index (χ3v) is 3.55. The standard InChI is InChI=1S/C15H13IN2O3/c1-9(2)20-12-6-5-10(8-11(12)16)14-17-15(21-18-14)13-4-3-7-19-13/h3-9H,1-2H3. The highest BCUT2D eigenvalue weighted by atomic mass is 127. The van der Waals surface area contributed by atoms with E-state index in [1.807, 2.05) is 32.0 Å². The fraction of sp³-hybridized carbons (Fsp3) is 0.200. The van der Waals surface area contributed by atoms with Gasteiger partial charge in [0.25, 0.3) is 5.89 Å². The molecule has 6 heteroatoms. The van der Waals surface area contributed by atoms with Gasteiger partial charge in [0, 0.05) is 5.56 Å². The van der Waals surface area contributed by atoms with Gasteiger partial charge in [0.05, 0.1) is 15.9 Å². The molecule has 0 N–H and O–H groups in total. The Labute approximate surface area is 135 Å². The van der Waals surface area contributed by atoms with E-state index >= 15 is 0 Å². The number of benzene rings is 1. The summed E-state index contributed by atoms with van der Waals surface area (Å²) in [6.07, 6.45) is 1.71. The Kier molecular flexibility index (Phi) is 3.96. The Hall–Kier alpha value is -1.83. The summed E-state index contributed by atoms with van der Waals surface area (Å²) in [4.78, 5) is 4.34. The summed E-state index contributed by atoms with van der Waals surface area (Å²) in [6.45, 7) is 4.00. The van der Waals surface area contributed by atoms with Gasteiger partial charge in [-0.25, -0.2) is 0 Å². The van der Waals surface area contributed by atoms with Gasteiger partial charge in [-0.2, -0.15) is 4.98 Å². The molecule has 0 unspecified atom stereocenters. The molecular weight excluding hydrogens is 383 g/mol. The number of ether oxygens (including phenoxy) is 1. The molecule has 0 bridgehead atoms. The van der Waals surface area contributed by atoms with E-state index in [0.717, 1.165) is 14.9 Å². The van der Waals surface area contributed by atoms with Crippen molar-refractivity contribution < 1.29 is 13.7 Å². The van der Waals surface area contributed by atoms with Crippen LogP contribution < -0.4 is 4.74 Å². The van der Waals surface area contributed by atoms with Crippen molar-refractivity contribution in [1.29, 1.82) is 0 Å². The van der Waals surface area contributed by atoms with Gasteiger partial charge in [-0.3, -0.25) is 0 Å². The summed E-state index contributed by atoms with van der Waals surface area (Å²) in [6, 6.07) is 9.35. The SMILES string of the molecule is CC(C)Oc1ccc(-c2noc(-c3ccco3)n2)cc1I. The molecule has 0 saturated carbocycles. The van der Waals surface area contributed by atoms with Crippen molar-refractivity contribution in [2.45, 2.75) is 20.0 Å². The van der Waals surface area contributed by atoms with Crippen LogP contribution in [0.5, 0.6) is 5.75 Å². The van der Waals surface area contributed by atoms with Gasteiger partial charge in [0.15, 0.2) is 5.76 Å². The average molecular weight is 396 g/mol. The van der Waals surface area contributed by atoms with Gasteiger partial charge in [-0.15, -0.1) is 0 Å². The largest absolute Gasteiger partial charge is 0.490 e. The molecule has 0 fully saturated rings. The minimum atomic E-state index is 0.139. The molecule has 0 radical (unpaired) electrons. The van der Waals surface area contributed by atoms with Crippen LogP contribution in [0.3, 0.4) is 0 Å². The summed E-state index contributed by atoms with van der Waals surface area (Å²) < 4.78 is 17.2. The van der Waals surface area contributed by atoms with Crippen molar-refractivity contribution in [2.24, 2.45) is 0 Å². The Bertz CT molecular complexity index is 735. The lowest BCUT2D eigenvalue weighted by atomic mass is 10.2. The minimum Gasteiger partial charge on any atom is -0.490 e. The molecule has 0 aliphatic heterocycles. The summed E-state index contributed by atoms with van der Waals surface area (Å²) in [7, 11) is 0. The maximum atomic E-state index is 5.71. The fourth-order valence-corrected chi connectivity index (χ4v) is 2.47. The van der Waals surface area contributed by atoms with Crippen molar-refractivity contribution >= 4 is 22.6 Å². The number of halogens is 1. The molecule has 0 atom stereocenters. The van der Waals surface area contributed by atoms with Crippen molar-refractivity contribution in [2.75, 3.05) is 0 Å². The minimum absolute atomic E-state index is 0.139. The number of nitrogens with zero attached hydrogens (tertiary/aromatic N) is 2. The molecule has 0 saturated heterocycles. The van der Waals surface area contributed by atoms with E-state index in [1.54, 1.807) is 18.4 Å². The second kappa shape index (κ2) is 5.88. The van der Waals surface area contributed by atoms with Crippen LogP contribution >= 0.6 is 22.6 Å². The van der Waals surface area contributed by atoms with Crippen molar-refractivity contribution in [1.82, 2.24) is 10.1 Å². The molecule has 0 aliphatic rings. The van der Waals surface area contributed by atoms with E-state index in [9.17, 15) is 0 Å². The highest BCUT2D eigenvalue weighted by Crippen LogP contribution is 2.28. The van der Waals surface area contributed by atoms with E-state index in [-0.39, 0.29) is 6.10 Å². The molecule has 0 spiro atoms. The first-order chi connectivity index (χ1) is 10.1. The molecule has 3 rings (SSSR count). The van der Waals surface area contributed by atoms with E-state index < -0.39 is 0 Å². The summed E-state index contributed by atoms with van der Waals surface area (Å²) >= 11 is 2.23. The molecule has 2 aromatic heterocycles. The first kappa shape index (κ1) is 14.1. The molecule has 21 heavy (non-hydrogen) atoms. The number of aromatic nitrogens is 2. The first-order valence-electron chi connectivity index (χ1n) is 6.47. The second-order valence-electron chi connectivity index (χ2n) is 4.71. The zero-order valence-electron chi connectivity index (χ0n) is 11.5. The van der Waals surface area contributed by atoms with Crippen LogP contribution in [0.25, 0.3) is 23.0 Å². The van der Waals surface area contributed by atoms with E-state index in [1.165, 1.54) is 0 Å². The average Bonchev–Trinajstić information content (AvgIpc) is 3.10. The van der Waals surface area contributed by atoms with Crippen LogP contribution in [0.1, 0.15) is 13.8 Å². The van der Waals surface area contributed by atoms with Gasteiger partial charge in [-0.1, -0.05) is 5.16 Å². The van der Waals surface area contributed by atoms with Crippen LogP contribution in [0.15, 0.2) is 45.5 Å². The smallest absolute Gasteiger partial charge is 0.293 e. The fourth-order valence-electron chi connectivity index (χ4n) is 1.83. The Morgan fingerprint density at radius 3 is 2.76 bits per heavy atom. The quantitative estimate of drug-likeness (QED) is 0.613. The summed E-state index contributed by atoms with van der Waals surface area (Å²) in [5, 5.41) is 3.98. The first-order valence-corrected chi connectivity index (χ1v) is 7.55. The Morgan fingerprint density at radius 1 is 1.24 bits per heavy atom. The van der Waals surface area contributed by atoms with E-state index in [0.29, 0.717) is 17.5 Å². The monoisotopic (exact) mass is 396 g/mol. The lowest BCUT2D eigenvalue weighted by molar-refractivity contribution is 0.240. The van der Waals surface area contributed by atoms with Crippen LogP contribution in [-0.2, 0) is 0 Å². The van der Waals surface area contributed by atoms with Crippen molar-refractivity contribution in [3.8, 4) is 28.8 Å². The number of hydrogen-bond donors (Lipinski definition) is 0. The molecule has 2 heterocycles. The zero-order chi connectivity index (χ0) is 14.8. The molecule has 0 aliphatic carbocycles. The van der Waals surface area contributed by atoms with Gasteiger partial charge < -0.3 is 13.7 Å². The normalized spacial score (nSPS) is 11.0. The van der Waals surface area contributed by atoms with Crippen LogP contribution in [0, 0.1) is 3.57 Å². The summed E-state index contributed by atoms with van der Waals surface area (Å²) in [5.74, 6) is 2.30. The topological polar surface area (TPSA) is 61.3 Å². The van der Waals surface area contributed by atoms with Crippen molar-refractivity contribution in [3.05, 3.63) is 40.2 Å². The zero-order valence-corrected chi connectivity index (χ0v) is 13.7. The molecule has 0 amide bonds.